The Labute approximate surface area is 163 Å². The predicted molar refractivity (Wildman–Crippen MR) is 97.0 cm³/mol. The van der Waals surface area contributed by atoms with E-state index >= 15 is 0 Å². The molecule has 1 saturated heterocycles. The first-order valence-corrected chi connectivity index (χ1v) is 8.73. The number of alkyl halides is 3. The van der Waals surface area contributed by atoms with Crippen molar-refractivity contribution in [2.45, 2.75) is 19.0 Å². The summed E-state index contributed by atoms with van der Waals surface area (Å²) < 4.78 is 41.2. The van der Waals surface area contributed by atoms with Crippen LogP contribution in [0.5, 0.6) is 0 Å². The molecule has 3 rings (SSSR count). The van der Waals surface area contributed by atoms with Crippen LogP contribution in [0.1, 0.15) is 28.8 Å². The number of hydrogen-bond acceptors (Lipinski definition) is 4. The molecule has 0 atom stereocenters. The van der Waals surface area contributed by atoms with Gasteiger partial charge in [-0.15, -0.1) is 0 Å². The monoisotopic (exact) mass is 409 g/mol. The molecule has 0 unspecified atom stereocenters. The van der Waals surface area contributed by atoms with E-state index in [2.05, 4.69) is 15.7 Å². The SMILES string of the molecule is Cn1ccc(NC(=O)c2cc(NC(=O)CN3CCCC3=O)cc(C(F)(F)F)c2)n1. The molecule has 0 bridgehead atoms. The van der Waals surface area contributed by atoms with Crippen LogP contribution in [0.3, 0.4) is 0 Å². The van der Waals surface area contributed by atoms with Crippen molar-refractivity contribution in [3.63, 3.8) is 0 Å². The third-order valence-corrected chi connectivity index (χ3v) is 4.27. The van der Waals surface area contributed by atoms with E-state index in [1.54, 1.807) is 13.2 Å². The summed E-state index contributed by atoms with van der Waals surface area (Å²) in [6, 6.07) is 4.05. The summed E-state index contributed by atoms with van der Waals surface area (Å²) in [5.41, 5.74) is -1.57. The number of aryl methyl sites for hydroxylation is 1. The van der Waals surface area contributed by atoms with E-state index < -0.39 is 23.6 Å². The summed E-state index contributed by atoms with van der Waals surface area (Å²) in [7, 11) is 1.62. The summed E-state index contributed by atoms with van der Waals surface area (Å²) in [5.74, 6) is -1.46. The fraction of sp³-hybridized carbons (Fsp3) is 0.333. The van der Waals surface area contributed by atoms with E-state index in [1.807, 2.05) is 0 Å². The molecule has 3 amide bonds. The summed E-state index contributed by atoms with van der Waals surface area (Å²) >= 11 is 0. The lowest BCUT2D eigenvalue weighted by Crippen LogP contribution is -2.34. The number of benzene rings is 1. The highest BCUT2D eigenvalue weighted by molar-refractivity contribution is 6.05. The van der Waals surface area contributed by atoms with Crippen LogP contribution in [0.4, 0.5) is 24.7 Å². The molecule has 2 N–H and O–H groups in total. The van der Waals surface area contributed by atoms with E-state index in [0.29, 0.717) is 25.5 Å². The molecule has 2 heterocycles. The number of aromatic nitrogens is 2. The van der Waals surface area contributed by atoms with E-state index in [4.69, 9.17) is 0 Å². The molecule has 0 saturated carbocycles. The number of hydrogen-bond donors (Lipinski definition) is 2. The molecule has 0 radical (unpaired) electrons. The van der Waals surface area contributed by atoms with Crippen molar-refractivity contribution in [2.75, 3.05) is 23.7 Å². The lowest BCUT2D eigenvalue weighted by molar-refractivity contribution is -0.137. The van der Waals surface area contributed by atoms with Crippen LogP contribution in [0, 0.1) is 0 Å². The number of nitrogens with zero attached hydrogens (tertiary/aromatic N) is 3. The molecule has 1 aromatic heterocycles. The van der Waals surface area contributed by atoms with Gasteiger partial charge in [-0.3, -0.25) is 19.1 Å². The molecule has 1 aliphatic heterocycles. The Morgan fingerprint density at radius 1 is 1.21 bits per heavy atom. The smallest absolute Gasteiger partial charge is 0.333 e. The second-order valence-electron chi connectivity index (χ2n) is 6.59. The molecular formula is C18H18F3N5O3. The lowest BCUT2D eigenvalue weighted by Gasteiger charge is -2.16. The normalized spacial score (nSPS) is 14.2. The molecule has 2 aromatic rings. The summed E-state index contributed by atoms with van der Waals surface area (Å²) in [5, 5.41) is 8.67. The molecule has 29 heavy (non-hydrogen) atoms. The van der Waals surface area contributed by atoms with Gasteiger partial charge in [-0.1, -0.05) is 0 Å². The van der Waals surface area contributed by atoms with E-state index in [0.717, 1.165) is 12.1 Å². The number of anilines is 2. The van der Waals surface area contributed by atoms with E-state index in [-0.39, 0.29) is 29.5 Å². The van der Waals surface area contributed by atoms with Gasteiger partial charge >= 0.3 is 6.18 Å². The highest BCUT2D eigenvalue weighted by Gasteiger charge is 2.32. The maximum atomic E-state index is 13.2. The highest BCUT2D eigenvalue weighted by Crippen LogP contribution is 2.32. The molecule has 11 heteroatoms. The third-order valence-electron chi connectivity index (χ3n) is 4.27. The topological polar surface area (TPSA) is 96.3 Å². The predicted octanol–water partition coefficient (Wildman–Crippen LogP) is 2.25. The van der Waals surface area contributed by atoms with Crippen molar-refractivity contribution in [1.82, 2.24) is 14.7 Å². The molecule has 154 valence electrons. The Bertz CT molecular complexity index is 954. The largest absolute Gasteiger partial charge is 0.416 e. The van der Waals surface area contributed by atoms with Gasteiger partial charge in [0, 0.05) is 43.5 Å². The van der Waals surface area contributed by atoms with E-state index in [9.17, 15) is 27.6 Å². The van der Waals surface area contributed by atoms with Gasteiger partial charge in [0.05, 0.1) is 12.1 Å². The van der Waals surface area contributed by atoms with Crippen LogP contribution in [0.15, 0.2) is 30.5 Å². The van der Waals surface area contributed by atoms with Crippen LogP contribution in [0.25, 0.3) is 0 Å². The Balaban J connectivity index is 1.80. The minimum Gasteiger partial charge on any atom is -0.333 e. The number of likely N-dealkylation sites (tertiary alicyclic amines) is 1. The number of carbonyl (C=O) groups is 3. The van der Waals surface area contributed by atoms with Crippen LogP contribution >= 0.6 is 0 Å². The number of nitrogens with one attached hydrogen (secondary N) is 2. The average molecular weight is 409 g/mol. The first-order chi connectivity index (χ1) is 13.6. The minimum absolute atomic E-state index is 0.174. The second kappa shape index (κ2) is 7.94. The van der Waals surface area contributed by atoms with Crippen LogP contribution in [0.2, 0.25) is 0 Å². The van der Waals surface area contributed by atoms with Crippen molar-refractivity contribution in [3.8, 4) is 0 Å². The molecule has 0 aliphatic carbocycles. The van der Waals surface area contributed by atoms with Gasteiger partial charge in [0.1, 0.15) is 0 Å². The fourth-order valence-corrected chi connectivity index (χ4v) is 2.91. The molecule has 0 spiro atoms. The fourth-order valence-electron chi connectivity index (χ4n) is 2.91. The van der Waals surface area contributed by atoms with Crippen molar-refractivity contribution >= 4 is 29.2 Å². The Morgan fingerprint density at radius 3 is 2.55 bits per heavy atom. The van der Waals surface area contributed by atoms with Crippen LogP contribution in [-0.2, 0) is 22.8 Å². The standard InChI is InChI=1S/C18H18F3N5O3/c1-25-6-4-14(24-25)23-17(29)11-7-12(18(19,20)21)9-13(8-11)22-15(27)10-26-5-2-3-16(26)28/h4,6-9H,2-3,5,10H2,1H3,(H,22,27)(H,23,24,29). The lowest BCUT2D eigenvalue weighted by atomic mass is 10.1. The van der Waals surface area contributed by atoms with Crippen molar-refractivity contribution < 1.29 is 27.6 Å². The van der Waals surface area contributed by atoms with Crippen molar-refractivity contribution in [3.05, 3.63) is 41.6 Å². The molecule has 8 nitrogen and oxygen atoms in total. The maximum absolute atomic E-state index is 13.2. The number of carbonyl (C=O) groups excluding carboxylic acids is 3. The summed E-state index contributed by atoms with van der Waals surface area (Å²) in [6.07, 6.45) is -2.18. The van der Waals surface area contributed by atoms with Gasteiger partial charge in [-0.05, 0) is 24.6 Å². The average Bonchev–Trinajstić information content (AvgIpc) is 3.22. The molecule has 1 aliphatic rings. The van der Waals surface area contributed by atoms with Gasteiger partial charge in [-0.25, -0.2) is 0 Å². The van der Waals surface area contributed by atoms with Gasteiger partial charge < -0.3 is 15.5 Å². The van der Waals surface area contributed by atoms with E-state index in [1.165, 1.54) is 15.6 Å². The van der Waals surface area contributed by atoms with Crippen molar-refractivity contribution in [1.29, 1.82) is 0 Å². The maximum Gasteiger partial charge on any atom is 0.416 e. The first kappa shape index (κ1) is 20.4. The molecular weight excluding hydrogens is 391 g/mol. The Morgan fingerprint density at radius 2 is 1.97 bits per heavy atom. The summed E-state index contributed by atoms with van der Waals surface area (Å²) in [6.45, 7) is 0.164. The van der Waals surface area contributed by atoms with Gasteiger partial charge in [0.2, 0.25) is 11.8 Å². The number of halogens is 3. The van der Waals surface area contributed by atoms with Gasteiger partial charge in [-0.2, -0.15) is 18.3 Å². The van der Waals surface area contributed by atoms with Crippen LogP contribution in [-0.4, -0.2) is 45.5 Å². The Kier molecular flexibility index (Phi) is 5.57. The Hall–Kier alpha value is -3.37. The second-order valence-corrected chi connectivity index (χ2v) is 6.59. The van der Waals surface area contributed by atoms with Gasteiger partial charge in [0.15, 0.2) is 5.82 Å². The highest BCUT2D eigenvalue weighted by atomic mass is 19.4. The van der Waals surface area contributed by atoms with Gasteiger partial charge in [0.25, 0.3) is 5.91 Å². The molecule has 1 fully saturated rings. The number of amides is 3. The number of rotatable bonds is 5. The van der Waals surface area contributed by atoms with Crippen LogP contribution < -0.4 is 10.6 Å². The zero-order valence-electron chi connectivity index (χ0n) is 15.4. The first-order valence-electron chi connectivity index (χ1n) is 8.73. The van der Waals surface area contributed by atoms with Crippen molar-refractivity contribution in [2.24, 2.45) is 7.05 Å². The third kappa shape index (κ3) is 5.12. The quantitative estimate of drug-likeness (QED) is 0.792. The zero-order valence-corrected chi connectivity index (χ0v) is 15.4. The molecule has 1 aromatic carbocycles. The zero-order chi connectivity index (χ0) is 21.2. The summed E-state index contributed by atoms with van der Waals surface area (Å²) in [4.78, 5) is 37.5. The minimum atomic E-state index is -4.72.